The number of hydrogen-bond donors (Lipinski definition) is 1. The van der Waals surface area contributed by atoms with Crippen molar-refractivity contribution in [2.45, 2.75) is 0 Å². The van der Waals surface area contributed by atoms with E-state index < -0.39 is 5.82 Å². The van der Waals surface area contributed by atoms with Crippen LogP contribution in [0.5, 0.6) is 0 Å². The maximum atomic E-state index is 14.4. The van der Waals surface area contributed by atoms with Gasteiger partial charge >= 0.3 is 0 Å². The summed E-state index contributed by atoms with van der Waals surface area (Å²) in [5.41, 5.74) is 2.79. The Kier molecular flexibility index (Phi) is 7.37. The molecule has 0 aromatic heterocycles. The van der Waals surface area contributed by atoms with E-state index in [-0.39, 0.29) is 5.91 Å². The van der Waals surface area contributed by atoms with Gasteiger partial charge in [-0.1, -0.05) is 42.5 Å². The lowest BCUT2D eigenvalue weighted by molar-refractivity contribution is 0.0435. The number of morpholine rings is 2. The maximum Gasteiger partial charge on any atom is 0.255 e. The van der Waals surface area contributed by atoms with E-state index >= 15 is 0 Å². The molecule has 5 rings (SSSR count). The van der Waals surface area contributed by atoms with Crippen LogP contribution in [0.25, 0.3) is 16.8 Å². The van der Waals surface area contributed by atoms with Crippen molar-refractivity contribution in [1.29, 1.82) is 0 Å². The molecule has 1 amide bonds. The lowest BCUT2D eigenvalue weighted by atomic mass is 10.0. The van der Waals surface area contributed by atoms with Crippen LogP contribution in [0.2, 0.25) is 0 Å². The van der Waals surface area contributed by atoms with Crippen LogP contribution in [0.1, 0.15) is 15.9 Å². The fraction of sp³-hybridized carbons (Fsp3) is 0.321. The highest BCUT2D eigenvalue weighted by molar-refractivity contribution is 6.10. The number of carbonyl (C=O) groups is 1. The quantitative estimate of drug-likeness (QED) is 0.572. The molecule has 0 aliphatic carbocycles. The number of fused-ring (bicyclic) bond motifs is 1. The Hall–Kier alpha value is -3.26. The second-order valence-electron chi connectivity index (χ2n) is 8.81. The number of ether oxygens (including phenoxy) is 2. The summed E-state index contributed by atoms with van der Waals surface area (Å²) in [6.45, 7) is 6.88. The van der Waals surface area contributed by atoms with Crippen molar-refractivity contribution in [2.75, 3.05) is 69.4 Å². The van der Waals surface area contributed by atoms with E-state index in [1.54, 1.807) is 6.07 Å². The molecule has 7 heteroatoms. The number of benzene rings is 3. The Bertz CT molecular complexity index is 1220. The highest BCUT2D eigenvalue weighted by Crippen LogP contribution is 2.29. The number of amides is 1. The SMILES string of the molecule is O=C(Nc1ccc(C=CCN2CCOCC2)c2ccccc12)c1cc(F)cc(N2CCOCC2)c1. The molecule has 0 saturated carbocycles. The van der Waals surface area contributed by atoms with Gasteiger partial charge in [-0.05, 0) is 35.2 Å². The number of carbonyl (C=O) groups excluding carboxylic acids is 1. The standard InChI is InChI=1S/C28H30FN3O3/c29-23-18-22(19-24(20-23)32-12-16-35-17-13-32)28(33)30-27-8-7-21(25-5-1-2-6-26(25)27)4-3-9-31-10-14-34-15-11-31/h1-8,18-20H,9-17H2,(H,30,33). The van der Waals surface area contributed by atoms with Gasteiger partial charge in [0.15, 0.2) is 0 Å². The summed E-state index contributed by atoms with van der Waals surface area (Å²) in [6, 6.07) is 16.4. The zero-order valence-electron chi connectivity index (χ0n) is 19.7. The van der Waals surface area contributed by atoms with Crippen LogP contribution in [-0.4, -0.2) is 70.0 Å². The van der Waals surface area contributed by atoms with Crippen molar-refractivity contribution in [3.63, 3.8) is 0 Å². The van der Waals surface area contributed by atoms with Gasteiger partial charge in [0, 0.05) is 55.0 Å². The van der Waals surface area contributed by atoms with Crippen molar-refractivity contribution < 1.29 is 18.7 Å². The minimum Gasteiger partial charge on any atom is -0.379 e. The third kappa shape index (κ3) is 5.70. The smallest absolute Gasteiger partial charge is 0.255 e. The third-order valence-corrected chi connectivity index (χ3v) is 6.49. The van der Waals surface area contributed by atoms with E-state index in [0.717, 1.165) is 49.2 Å². The van der Waals surface area contributed by atoms with Crippen LogP contribution in [0, 0.1) is 5.82 Å². The molecule has 0 atom stereocenters. The highest BCUT2D eigenvalue weighted by atomic mass is 19.1. The van der Waals surface area contributed by atoms with Gasteiger partial charge in [-0.15, -0.1) is 0 Å². The number of hydrogen-bond acceptors (Lipinski definition) is 5. The van der Waals surface area contributed by atoms with Gasteiger partial charge in [0.25, 0.3) is 5.91 Å². The molecule has 2 saturated heterocycles. The number of nitrogens with zero attached hydrogens (tertiary/aromatic N) is 2. The first-order valence-corrected chi connectivity index (χ1v) is 12.1. The Morgan fingerprint density at radius 2 is 1.63 bits per heavy atom. The minimum absolute atomic E-state index is 0.296. The van der Waals surface area contributed by atoms with Crippen molar-refractivity contribution in [1.82, 2.24) is 4.90 Å². The number of rotatable bonds is 6. The highest BCUT2D eigenvalue weighted by Gasteiger charge is 2.16. The van der Waals surface area contributed by atoms with Crippen LogP contribution >= 0.6 is 0 Å². The number of anilines is 2. The lowest BCUT2D eigenvalue weighted by Crippen LogP contribution is -2.36. The van der Waals surface area contributed by atoms with E-state index in [4.69, 9.17) is 9.47 Å². The molecule has 0 unspecified atom stereocenters. The first kappa shape index (κ1) is 23.5. The zero-order chi connectivity index (χ0) is 24.0. The van der Waals surface area contributed by atoms with Gasteiger partial charge in [-0.25, -0.2) is 4.39 Å². The van der Waals surface area contributed by atoms with E-state index in [1.807, 2.05) is 35.2 Å². The molecule has 6 nitrogen and oxygen atoms in total. The van der Waals surface area contributed by atoms with Gasteiger partial charge in [0.2, 0.25) is 0 Å². The molecule has 3 aromatic rings. The van der Waals surface area contributed by atoms with Gasteiger partial charge in [0.1, 0.15) is 5.82 Å². The first-order chi connectivity index (χ1) is 17.2. The van der Waals surface area contributed by atoms with Crippen LogP contribution < -0.4 is 10.2 Å². The van der Waals surface area contributed by atoms with Crippen LogP contribution in [0.4, 0.5) is 15.8 Å². The molecule has 2 heterocycles. The molecule has 35 heavy (non-hydrogen) atoms. The topological polar surface area (TPSA) is 54.0 Å². The zero-order valence-corrected chi connectivity index (χ0v) is 19.7. The molecule has 0 radical (unpaired) electrons. The van der Waals surface area contributed by atoms with Crippen LogP contribution in [-0.2, 0) is 9.47 Å². The van der Waals surface area contributed by atoms with Crippen LogP contribution in [0.15, 0.2) is 60.7 Å². The lowest BCUT2D eigenvalue weighted by Gasteiger charge is -2.29. The summed E-state index contributed by atoms with van der Waals surface area (Å²) in [5, 5.41) is 4.99. The largest absolute Gasteiger partial charge is 0.379 e. The summed E-state index contributed by atoms with van der Waals surface area (Å²) < 4.78 is 25.2. The molecular weight excluding hydrogens is 445 g/mol. The Morgan fingerprint density at radius 1 is 0.914 bits per heavy atom. The normalized spacial score (nSPS) is 17.2. The Balaban J connectivity index is 1.35. The molecular formula is C28H30FN3O3. The molecule has 182 valence electrons. The summed E-state index contributed by atoms with van der Waals surface area (Å²) in [4.78, 5) is 17.5. The Morgan fingerprint density at radius 3 is 2.40 bits per heavy atom. The molecule has 2 aliphatic heterocycles. The fourth-order valence-electron chi connectivity index (χ4n) is 4.59. The maximum absolute atomic E-state index is 14.4. The Labute approximate surface area is 204 Å². The molecule has 0 spiro atoms. The molecule has 1 N–H and O–H groups in total. The van der Waals surface area contributed by atoms with Crippen molar-refractivity contribution in [3.8, 4) is 0 Å². The first-order valence-electron chi connectivity index (χ1n) is 12.1. The summed E-state index contributed by atoms with van der Waals surface area (Å²) in [7, 11) is 0. The van der Waals surface area contributed by atoms with Crippen LogP contribution in [0.3, 0.4) is 0 Å². The minimum atomic E-state index is -0.426. The predicted octanol–water partition coefficient (Wildman–Crippen LogP) is 4.41. The summed E-state index contributed by atoms with van der Waals surface area (Å²) >= 11 is 0. The van der Waals surface area contributed by atoms with E-state index in [1.165, 1.54) is 12.1 Å². The number of nitrogens with one attached hydrogen (secondary N) is 1. The summed E-state index contributed by atoms with van der Waals surface area (Å²) in [6.07, 6.45) is 4.30. The van der Waals surface area contributed by atoms with Gasteiger partial charge < -0.3 is 19.7 Å². The van der Waals surface area contributed by atoms with E-state index in [2.05, 4.69) is 28.4 Å². The monoisotopic (exact) mass is 475 g/mol. The second-order valence-corrected chi connectivity index (χ2v) is 8.81. The molecule has 2 aliphatic rings. The number of halogens is 1. The fourth-order valence-corrected chi connectivity index (χ4v) is 4.59. The van der Waals surface area contributed by atoms with Gasteiger partial charge in [-0.3, -0.25) is 9.69 Å². The molecule has 2 fully saturated rings. The van der Waals surface area contributed by atoms with Gasteiger partial charge in [-0.2, -0.15) is 0 Å². The second kappa shape index (κ2) is 11.0. The van der Waals surface area contributed by atoms with E-state index in [9.17, 15) is 9.18 Å². The third-order valence-electron chi connectivity index (χ3n) is 6.49. The summed E-state index contributed by atoms with van der Waals surface area (Å²) in [5.74, 6) is -0.760. The van der Waals surface area contributed by atoms with Crippen molar-refractivity contribution in [3.05, 3.63) is 77.6 Å². The van der Waals surface area contributed by atoms with Crippen molar-refractivity contribution >= 4 is 34.1 Å². The predicted molar refractivity (Wildman–Crippen MR) is 138 cm³/mol. The van der Waals surface area contributed by atoms with E-state index in [0.29, 0.717) is 43.2 Å². The van der Waals surface area contributed by atoms with Crippen molar-refractivity contribution in [2.24, 2.45) is 0 Å². The average Bonchev–Trinajstić information content (AvgIpc) is 2.90. The molecule has 0 bridgehead atoms. The average molecular weight is 476 g/mol. The molecule has 3 aromatic carbocycles. The van der Waals surface area contributed by atoms with Gasteiger partial charge in [0.05, 0.1) is 26.4 Å².